The van der Waals surface area contributed by atoms with Gasteiger partial charge in [0.2, 0.25) is 0 Å². The topological polar surface area (TPSA) is 3.24 Å². The predicted octanol–water partition coefficient (Wildman–Crippen LogP) is 8.37. The molecular formula is C31H35N. The molecule has 1 aromatic rings. The third-order valence-electron chi connectivity index (χ3n) is 7.30. The molecule has 0 aromatic heterocycles. The van der Waals surface area contributed by atoms with Crippen molar-refractivity contribution in [2.75, 3.05) is 4.90 Å². The fraction of sp³-hybridized carbons (Fsp3) is 0.355. The maximum absolute atomic E-state index is 2.50. The highest BCUT2D eigenvalue weighted by Gasteiger charge is 2.23. The Balaban J connectivity index is 1.31. The Labute approximate surface area is 193 Å². The minimum atomic E-state index is 0.361. The molecule has 0 radical (unpaired) electrons. The smallest absolute Gasteiger partial charge is 0.0560 e. The van der Waals surface area contributed by atoms with Gasteiger partial charge in [0.25, 0.3) is 0 Å². The zero-order valence-electron chi connectivity index (χ0n) is 19.3. The van der Waals surface area contributed by atoms with Gasteiger partial charge in [-0.15, -0.1) is 0 Å². The SMILES string of the molecule is CC1CC=C(C2=CC=C(C3=CCC(N(C4=CCCC=C4)c4ccccc4)C=C3)CC2)CC1. The molecule has 0 fully saturated rings. The molecule has 2 unspecified atom stereocenters. The summed E-state index contributed by atoms with van der Waals surface area (Å²) in [5.41, 5.74) is 8.70. The van der Waals surface area contributed by atoms with Gasteiger partial charge in [-0.2, -0.15) is 0 Å². The molecule has 4 aliphatic rings. The Hall–Kier alpha value is -2.80. The van der Waals surface area contributed by atoms with Gasteiger partial charge in [0, 0.05) is 11.4 Å². The number of para-hydroxylation sites is 1. The van der Waals surface area contributed by atoms with E-state index in [9.17, 15) is 0 Å². The fourth-order valence-electron chi connectivity index (χ4n) is 5.34. The van der Waals surface area contributed by atoms with Crippen molar-refractivity contribution in [3.05, 3.63) is 113 Å². The number of anilines is 1. The molecule has 1 nitrogen and oxygen atoms in total. The number of allylic oxidation sites excluding steroid dienone is 11. The first-order valence-electron chi connectivity index (χ1n) is 12.5. The standard InChI is InChI=1S/C31H35N/c1-24-12-14-25(15-13-24)26-16-18-27(19-17-26)28-20-22-31(23-21-28)32(29-8-4-2-5-9-29)30-10-6-3-7-11-30/h2,4-6,8-11,14,16,18,20-22,24,31H,3,7,12-13,15,17,19,23H2,1H3. The molecule has 0 bridgehead atoms. The van der Waals surface area contributed by atoms with Crippen molar-refractivity contribution in [2.45, 2.75) is 64.3 Å². The van der Waals surface area contributed by atoms with Crippen molar-refractivity contribution >= 4 is 5.69 Å². The maximum Gasteiger partial charge on any atom is 0.0560 e. The van der Waals surface area contributed by atoms with Crippen LogP contribution in [0.1, 0.15) is 58.3 Å². The first-order valence-corrected chi connectivity index (χ1v) is 12.5. The van der Waals surface area contributed by atoms with Crippen molar-refractivity contribution in [3.8, 4) is 0 Å². The summed E-state index contributed by atoms with van der Waals surface area (Å²) in [6.07, 6.45) is 31.0. The second-order valence-corrected chi connectivity index (χ2v) is 9.63. The summed E-state index contributed by atoms with van der Waals surface area (Å²) < 4.78 is 0. The molecule has 0 aliphatic heterocycles. The van der Waals surface area contributed by atoms with Gasteiger partial charge >= 0.3 is 0 Å². The Bertz CT molecular complexity index is 1040. The lowest BCUT2D eigenvalue weighted by molar-refractivity contribution is 0.514. The van der Waals surface area contributed by atoms with E-state index >= 15 is 0 Å². The van der Waals surface area contributed by atoms with Gasteiger partial charge in [0.05, 0.1) is 6.04 Å². The molecule has 0 heterocycles. The molecule has 1 heteroatoms. The van der Waals surface area contributed by atoms with Crippen LogP contribution in [-0.2, 0) is 0 Å². The van der Waals surface area contributed by atoms with Crippen LogP contribution in [0, 0.1) is 5.92 Å². The monoisotopic (exact) mass is 421 g/mol. The predicted molar refractivity (Wildman–Crippen MR) is 138 cm³/mol. The van der Waals surface area contributed by atoms with E-state index in [4.69, 9.17) is 0 Å². The second-order valence-electron chi connectivity index (χ2n) is 9.63. The van der Waals surface area contributed by atoms with E-state index in [-0.39, 0.29) is 0 Å². The zero-order chi connectivity index (χ0) is 21.8. The molecule has 0 spiro atoms. The zero-order valence-corrected chi connectivity index (χ0v) is 19.3. The lowest BCUT2D eigenvalue weighted by Gasteiger charge is -2.35. The average molecular weight is 422 g/mol. The van der Waals surface area contributed by atoms with Gasteiger partial charge < -0.3 is 4.90 Å². The molecule has 0 saturated carbocycles. The minimum absolute atomic E-state index is 0.361. The molecule has 4 aliphatic carbocycles. The van der Waals surface area contributed by atoms with Gasteiger partial charge in [0.1, 0.15) is 0 Å². The molecule has 2 atom stereocenters. The molecule has 32 heavy (non-hydrogen) atoms. The lowest BCUT2D eigenvalue weighted by atomic mass is 9.82. The third kappa shape index (κ3) is 4.67. The number of hydrogen-bond acceptors (Lipinski definition) is 1. The van der Waals surface area contributed by atoms with E-state index in [1.54, 1.807) is 11.1 Å². The fourth-order valence-corrected chi connectivity index (χ4v) is 5.34. The van der Waals surface area contributed by atoms with Crippen LogP contribution in [-0.4, -0.2) is 6.04 Å². The van der Waals surface area contributed by atoms with Gasteiger partial charge in [-0.3, -0.25) is 0 Å². The van der Waals surface area contributed by atoms with Crippen LogP contribution in [0.4, 0.5) is 5.69 Å². The Kier molecular flexibility index (Phi) is 6.44. The Morgan fingerprint density at radius 1 is 0.781 bits per heavy atom. The number of benzene rings is 1. The molecule has 1 aromatic carbocycles. The highest BCUT2D eigenvalue weighted by atomic mass is 15.2. The molecule has 0 saturated heterocycles. The molecule has 164 valence electrons. The first-order chi connectivity index (χ1) is 15.8. The normalized spacial score (nSPS) is 25.3. The van der Waals surface area contributed by atoms with Crippen molar-refractivity contribution in [1.82, 2.24) is 0 Å². The third-order valence-corrected chi connectivity index (χ3v) is 7.30. The summed E-state index contributed by atoms with van der Waals surface area (Å²) in [4.78, 5) is 2.50. The Morgan fingerprint density at radius 2 is 1.62 bits per heavy atom. The van der Waals surface area contributed by atoms with E-state index in [0.29, 0.717) is 6.04 Å². The van der Waals surface area contributed by atoms with Crippen molar-refractivity contribution < 1.29 is 0 Å². The first kappa shape index (κ1) is 21.1. The number of nitrogens with zero attached hydrogens (tertiary/aromatic N) is 1. The van der Waals surface area contributed by atoms with Crippen LogP contribution in [0.2, 0.25) is 0 Å². The summed E-state index contributed by atoms with van der Waals surface area (Å²) in [5.74, 6) is 0.856. The quantitative estimate of drug-likeness (QED) is 0.461. The van der Waals surface area contributed by atoms with Crippen molar-refractivity contribution in [3.63, 3.8) is 0 Å². The van der Waals surface area contributed by atoms with Crippen LogP contribution in [0.25, 0.3) is 0 Å². The van der Waals surface area contributed by atoms with Crippen LogP contribution in [0.3, 0.4) is 0 Å². The molecular weight excluding hydrogens is 386 g/mol. The molecule has 0 N–H and O–H groups in total. The van der Waals surface area contributed by atoms with Crippen LogP contribution < -0.4 is 4.90 Å². The van der Waals surface area contributed by atoms with Crippen molar-refractivity contribution in [2.24, 2.45) is 5.92 Å². The number of rotatable bonds is 5. The van der Waals surface area contributed by atoms with Gasteiger partial charge in [-0.1, -0.05) is 73.7 Å². The highest BCUT2D eigenvalue weighted by molar-refractivity contribution is 5.59. The molecule has 0 amide bonds. The highest BCUT2D eigenvalue weighted by Crippen LogP contribution is 2.36. The number of hydrogen-bond donors (Lipinski definition) is 0. The molecule has 5 rings (SSSR count). The largest absolute Gasteiger partial charge is 0.335 e. The average Bonchev–Trinajstić information content (AvgIpc) is 2.87. The maximum atomic E-state index is 2.50. The van der Waals surface area contributed by atoms with E-state index in [2.05, 4.69) is 96.8 Å². The second kappa shape index (κ2) is 9.77. The summed E-state index contributed by atoms with van der Waals surface area (Å²) in [6, 6.07) is 11.2. The Morgan fingerprint density at radius 3 is 2.28 bits per heavy atom. The summed E-state index contributed by atoms with van der Waals surface area (Å²) in [5, 5.41) is 0. The minimum Gasteiger partial charge on any atom is -0.335 e. The van der Waals surface area contributed by atoms with Crippen LogP contribution in [0.5, 0.6) is 0 Å². The van der Waals surface area contributed by atoms with E-state index in [1.165, 1.54) is 48.2 Å². The summed E-state index contributed by atoms with van der Waals surface area (Å²) in [6.45, 7) is 2.37. The van der Waals surface area contributed by atoms with Crippen molar-refractivity contribution in [1.29, 1.82) is 0 Å². The van der Waals surface area contributed by atoms with Crippen LogP contribution in [0.15, 0.2) is 113 Å². The van der Waals surface area contributed by atoms with Gasteiger partial charge in [-0.05, 0) is 97.8 Å². The van der Waals surface area contributed by atoms with Gasteiger partial charge in [-0.25, -0.2) is 0 Å². The van der Waals surface area contributed by atoms with E-state index < -0.39 is 0 Å². The lowest BCUT2D eigenvalue weighted by Crippen LogP contribution is -2.33. The van der Waals surface area contributed by atoms with Gasteiger partial charge in [0.15, 0.2) is 0 Å². The van der Waals surface area contributed by atoms with E-state index in [1.807, 2.05) is 0 Å². The summed E-state index contributed by atoms with van der Waals surface area (Å²) in [7, 11) is 0. The summed E-state index contributed by atoms with van der Waals surface area (Å²) >= 11 is 0. The van der Waals surface area contributed by atoms with Crippen LogP contribution >= 0.6 is 0 Å². The van der Waals surface area contributed by atoms with E-state index in [0.717, 1.165) is 31.6 Å².